The number of benzene rings is 2. The summed E-state index contributed by atoms with van der Waals surface area (Å²) in [5.74, 6) is 0.157. The molecule has 0 spiro atoms. The first-order chi connectivity index (χ1) is 15.8. The summed E-state index contributed by atoms with van der Waals surface area (Å²) in [5.41, 5.74) is 1.87. The molecule has 1 N–H and O–H groups in total. The van der Waals surface area contributed by atoms with Crippen LogP contribution in [-0.4, -0.2) is 34.0 Å². The average molecular weight is 465 g/mol. The molecule has 2 heterocycles. The van der Waals surface area contributed by atoms with Crippen molar-refractivity contribution < 1.29 is 19.1 Å². The third kappa shape index (κ3) is 4.33. The minimum atomic E-state index is -0.303. The number of aromatic nitrogens is 2. The molecule has 0 aliphatic carbocycles. The van der Waals surface area contributed by atoms with Crippen molar-refractivity contribution in [1.82, 2.24) is 9.78 Å². The van der Waals surface area contributed by atoms with Crippen molar-refractivity contribution in [3.05, 3.63) is 73.3 Å². The highest BCUT2D eigenvalue weighted by Crippen LogP contribution is 2.33. The molecule has 2 aromatic heterocycles. The first kappa shape index (κ1) is 22.2. The highest BCUT2D eigenvalue weighted by Gasteiger charge is 2.17. The minimum absolute atomic E-state index is 0.123. The van der Waals surface area contributed by atoms with Crippen LogP contribution in [0.15, 0.2) is 55.8 Å². The number of hydrogen-bond donors (Lipinski definition) is 1. The third-order valence-corrected chi connectivity index (χ3v) is 5.79. The van der Waals surface area contributed by atoms with Crippen LogP contribution in [0.5, 0.6) is 11.5 Å². The largest absolute Gasteiger partial charge is 0.507 e. The van der Waals surface area contributed by atoms with Crippen LogP contribution < -0.4 is 15.0 Å². The number of methoxy groups -OCH3 is 1. The molecule has 0 saturated carbocycles. The fourth-order valence-electron chi connectivity index (χ4n) is 3.23. The van der Waals surface area contributed by atoms with E-state index in [0.29, 0.717) is 10.6 Å². The number of ketones is 1. The van der Waals surface area contributed by atoms with E-state index in [9.17, 15) is 14.7 Å². The molecule has 0 aliphatic heterocycles. The SMILES string of the molecule is COc1c(/C=N/N=c2sc(C(C)=O)nn2-c2ccc(C)cc2)c(O)cc2oc(C)cc(=O)c12. The molecule has 0 aliphatic rings. The second kappa shape index (κ2) is 8.83. The highest BCUT2D eigenvalue weighted by atomic mass is 32.1. The molecular weight excluding hydrogens is 444 g/mol. The van der Waals surface area contributed by atoms with Gasteiger partial charge in [-0.1, -0.05) is 29.0 Å². The Hall–Kier alpha value is -4.05. The first-order valence-corrected chi connectivity index (χ1v) is 10.7. The number of Topliss-reactive ketones (excluding diaryl/α,β-unsaturated/α-hetero) is 1. The standard InChI is InChI=1S/C23H20N4O5S/c1-12-5-7-15(8-6-12)27-23(33-22(26-27)14(3)28)25-24-11-16-17(29)10-19-20(21(16)31-4)18(30)9-13(2)32-19/h5-11,29H,1-4H3/b24-11+,25-23?. The number of phenolic OH excluding ortho intramolecular Hbond substituents is 1. The van der Waals surface area contributed by atoms with Crippen molar-refractivity contribution >= 4 is 34.3 Å². The number of aryl methyl sites for hydroxylation is 2. The number of aromatic hydroxyl groups is 1. The zero-order chi connectivity index (χ0) is 23.7. The van der Waals surface area contributed by atoms with Gasteiger partial charge >= 0.3 is 0 Å². The number of ether oxygens (including phenoxy) is 1. The maximum Gasteiger partial charge on any atom is 0.233 e. The number of carbonyl (C=O) groups is 1. The monoisotopic (exact) mass is 464 g/mol. The molecule has 4 rings (SSSR count). The zero-order valence-corrected chi connectivity index (χ0v) is 19.1. The van der Waals surface area contributed by atoms with E-state index in [1.165, 1.54) is 37.1 Å². The van der Waals surface area contributed by atoms with Crippen molar-refractivity contribution in [3.63, 3.8) is 0 Å². The van der Waals surface area contributed by atoms with Gasteiger partial charge < -0.3 is 14.3 Å². The maximum atomic E-state index is 12.5. The molecular formula is C23H20N4O5S. The molecule has 0 saturated heterocycles. The summed E-state index contributed by atoms with van der Waals surface area (Å²) in [6.07, 6.45) is 1.28. The number of rotatable bonds is 5. The number of nitrogens with zero attached hydrogens (tertiary/aromatic N) is 4. The Morgan fingerprint density at radius 2 is 1.97 bits per heavy atom. The summed E-state index contributed by atoms with van der Waals surface area (Å²) in [6, 6.07) is 10.3. The Morgan fingerprint density at radius 1 is 1.24 bits per heavy atom. The molecule has 10 heteroatoms. The molecule has 0 bridgehead atoms. The van der Waals surface area contributed by atoms with E-state index < -0.39 is 0 Å². The van der Waals surface area contributed by atoms with Crippen molar-refractivity contribution in [2.45, 2.75) is 20.8 Å². The van der Waals surface area contributed by atoms with E-state index in [1.807, 2.05) is 31.2 Å². The Balaban J connectivity index is 1.85. The summed E-state index contributed by atoms with van der Waals surface area (Å²) in [7, 11) is 1.38. The van der Waals surface area contributed by atoms with Crippen molar-refractivity contribution in [2.24, 2.45) is 10.2 Å². The lowest BCUT2D eigenvalue weighted by molar-refractivity contribution is 0.101. The lowest BCUT2D eigenvalue weighted by Gasteiger charge is -2.09. The number of phenols is 1. The second-order valence-corrected chi connectivity index (χ2v) is 8.23. The quantitative estimate of drug-likeness (QED) is 0.274. The molecule has 0 amide bonds. The van der Waals surface area contributed by atoms with Gasteiger partial charge in [-0.3, -0.25) is 9.59 Å². The predicted octanol–water partition coefficient (Wildman–Crippen LogP) is 3.51. The molecule has 4 aromatic rings. The Morgan fingerprint density at radius 3 is 2.64 bits per heavy atom. The van der Waals surface area contributed by atoms with Crippen molar-refractivity contribution in [1.29, 1.82) is 0 Å². The molecule has 0 atom stereocenters. The zero-order valence-electron chi connectivity index (χ0n) is 18.3. The first-order valence-electron chi connectivity index (χ1n) is 9.88. The van der Waals surface area contributed by atoms with Gasteiger partial charge in [0.15, 0.2) is 16.2 Å². The number of fused-ring (bicyclic) bond motifs is 1. The van der Waals surface area contributed by atoms with Gasteiger partial charge in [-0.05, 0) is 26.0 Å². The van der Waals surface area contributed by atoms with E-state index in [-0.39, 0.29) is 44.3 Å². The summed E-state index contributed by atoms with van der Waals surface area (Å²) >= 11 is 1.09. The van der Waals surface area contributed by atoms with Gasteiger partial charge in [0.1, 0.15) is 28.2 Å². The summed E-state index contributed by atoms with van der Waals surface area (Å²) in [6.45, 7) is 5.04. The average Bonchev–Trinajstić information content (AvgIpc) is 3.19. The Kier molecular flexibility index (Phi) is 5.93. The van der Waals surface area contributed by atoms with Crippen LogP contribution in [0, 0.1) is 13.8 Å². The van der Waals surface area contributed by atoms with Crippen LogP contribution >= 0.6 is 11.3 Å². The van der Waals surface area contributed by atoms with Gasteiger partial charge in [-0.25, -0.2) is 4.68 Å². The number of carbonyl (C=O) groups excluding carboxylic acids is 1. The van der Waals surface area contributed by atoms with Crippen LogP contribution in [0.4, 0.5) is 0 Å². The van der Waals surface area contributed by atoms with Crippen LogP contribution in [0.25, 0.3) is 16.7 Å². The molecule has 9 nitrogen and oxygen atoms in total. The van der Waals surface area contributed by atoms with E-state index in [2.05, 4.69) is 15.3 Å². The summed E-state index contributed by atoms with van der Waals surface area (Å²) in [4.78, 5) is 24.7. The number of hydrogen-bond acceptors (Lipinski definition) is 9. The smallest absolute Gasteiger partial charge is 0.233 e. The molecule has 0 fully saturated rings. The lowest BCUT2D eigenvalue weighted by Crippen LogP contribution is -2.14. The molecule has 33 heavy (non-hydrogen) atoms. The summed E-state index contributed by atoms with van der Waals surface area (Å²) in [5, 5.41) is 23.6. The van der Waals surface area contributed by atoms with Gasteiger partial charge in [0.2, 0.25) is 4.80 Å². The van der Waals surface area contributed by atoms with Gasteiger partial charge in [0, 0.05) is 19.1 Å². The van der Waals surface area contributed by atoms with Crippen LogP contribution in [0.2, 0.25) is 0 Å². The molecule has 168 valence electrons. The third-order valence-electron chi connectivity index (χ3n) is 4.79. The van der Waals surface area contributed by atoms with E-state index in [4.69, 9.17) is 9.15 Å². The molecule has 0 unspecified atom stereocenters. The summed E-state index contributed by atoms with van der Waals surface area (Å²) < 4.78 is 12.5. The Bertz CT molecular complexity index is 1530. The van der Waals surface area contributed by atoms with Crippen LogP contribution in [0.3, 0.4) is 0 Å². The van der Waals surface area contributed by atoms with E-state index in [1.54, 1.807) is 6.92 Å². The lowest BCUT2D eigenvalue weighted by atomic mass is 10.1. The topological polar surface area (TPSA) is 119 Å². The van der Waals surface area contributed by atoms with Gasteiger partial charge in [-0.2, -0.15) is 10.2 Å². The van der Waals surface area contributed by atoms with Crippen LogP contribution in [0.1, 0.15) is 33.6 Å². The van der Waals surface area contributed by atoms with Crippen molar-refractivity contribution in [2.75, 3.05) is 7.11 Å². The van der Waals surface area contributed by atoms with Gasteiger partial charge in [0.25, 0.3) is 0 Å². The van der Waals surface area contributed by atoms with Crippen LogP contribution in [-0.2, 0) is 0 Å². The van der Waals surface area contributed by atoms with E-state index >= 15 is 0 Å². The molecule has 2 aromatic carbocycles. The van der Waals surface area contributed by atoms with Crippen molar-refractivity contribution in [3.8, 4) is 17.2 Å². The normalized spacial score (nSPS) is 12.1. The van der Waals surface area contributed by atoms with E-state index in [0.717, 1.165) is 22.6 Å². The van der Waals surface area contributed by atoms with Gasteiger partial charge in [-0.15, -0.1) is 5.10 Å². The fraction of sp³-hybridized carbons (Fsp3) is 0.174. The maximum absolute atomic E-state index is 12.5. The van der Waals surface area contributed by atoms with Gasteiger partial charge in [0.05, 0.1) is 24.6 Å². The Labute approximate surface area is 191 Å². The minimum Gasteiger partial charge on any atom is -0.507 e. The molecule has 0 radical (unpaired) electrons. The second-order valence-electron chi connectivity index (χ2n) is 7.27. The predicted molar refractivity (Wildman–Crippen MR) is 125 cm³/mol. The highest BCUT2D eigenvalue weighted by molar-refractivity contribution is 7.10. The fourth-order valence-corrected chi connectivity index (χ4v) is 3.99.